The Bertz CT molecular complexity index is 1460. The molecule has 1 atom stereocenters. The van der Waals surface area contributed by atoms with Gasteiger partial charge in [0.15, 0.2) is 11.6 Å². The van der Waals surface area contributed by atoms with Crippen LogP contribution in [-0.2, 0) is 0 Å². The number of rotatable bonds is 12. The molecule has 0 saturated carbocycles. The standard InChI is InChI=1S/C35H33F3O2/c1-3-5-6-22-40-29-19-21-30(32(36)23-29)25-11-8-24(9-12-25)10-13-28-18-20-31(35(38)34(28)37)26-14-16-27(17-15-26)33(39)7-4-2/h3,8-21,23,33,39H,1,4-7,22H2,2H3/b13-10+. The van der Waals surface area contributed by atoms with Crippen LogP contribution in [0.15, 0.2) is 91.5 Å². The molecule has 0 fully saturated rings. The molecule has 206 valence electrons. The molecule has 40 heavy (non-hydrogen) atoms. The van der Waals surface area contributed by atoms with Crippen molar-refractivity contribution >= 4 is 12.2 Å². The highest BCUT2D eigenvalue weighted by Gasteiger charge is 2.14. The van der Waals surface area contributed by atoms with Crippen LogP contribution in [0.4, 0.5) is 13.2 Å². The van der Waals surface area contributed by atoms with Crippen LogP contribution in [0.1, 0.15) is 55.4 Å². The molecule has 0 bridgehead atoms. The Kier molecular flexibility index (Phi) is 9.98. The van der Waals surface area contributed by atoms with Gasteiger partial charge in [-0.1, -0.05) is 92.2 Å². The SMILES string of the molecule is C=CCCCOc1ccc(-c2ccc(/C=C/c3ccc(-c4ccc(C(O)CCC)cc4)c(F)c3F)cc2)c(F)c1. The van der Waals surface area contributed by atoms with E-state index in [9.17, 15) is 18.3 Å². The summed E-state index contributed by atoms with van der Waals surface area (Å²) in [7, 11) is 0. The number of unbranched alkanes of at least 4 members (excludes halogenated alkanes) is 1. The average molecular weight is 543 g/mol. The van der Waals surface area contributed by atoms with E-state index in [0.29, 0.717) is 35.5 Å². The van der Waals surface area contributed by atoms with Crippen LogP contribution < -0.4 is 4.74 Å². The number of aliphatic hydroxyl groups excluding tert-OH is 1. The van der Waals surface area contributed by atoms with Crippen molar-refractivity contribution < 1.29 is 23.0 Å². The summed E-state index contributed by atoms with van der Waals surface area (Å²) in [5.41, 5.74) is 3.47. The van der Waals surface area contributed by atoms with Gasteiger partial charge in [0.1, 0.15) is 11.6 Å². The molecule has 0 aliphatic carbocycles. The Labute approximate surface area is 234 Å². The highest BCUT2D eigenvalue weighted by molar-refractivity contribution is 5.74. The lowest BCUT2D eigenvalue weighted by molar-refractivity contribution is 0.166. The molecule has 1 unspecified atom stereocenters. The van der Waals surface area contributed by atoms with Crippen molar-refractivity contribution in [1.82, 2.24) is 0 Å². The lowest BCUT2D eigenvalue weighted by Gasteiger charge is -2.11. The third-order valence-corrected chi connectivity index (χ3v) is 6.72. The summed E-state index contributed by atoms with van der Waals surface area (Å²) in [6.45, 7) is 6.16. The largest absolute Gasteiger partial charge is 0.493 e. The molecule has 4 aromatic rings. The van der Waals surface area contributed by atoms with E-state index in [0.717, 1.165) is 30.4 Å². The molecule has 0 radical (unpaired) electrons. The lowest BCUT2D eigenvalue weighted by atomic mass is 9.98. The minimum Gasteiger partial charge on any atom is -0.493 e. The quantitative estimate of drug-likeness (QED) is 0.110. The molecule has 0 spiro atoms. The average Bonchev–Trinajstić information content (AvgIpc) is 2.97. The topological polar surface area (TPSA) is 29.5 Å². The number of hydrogen-bond acceptors (Lipinski definition) is 2. The van der Waals surface area contributed by atoms with Crippen molar-refractivity contribution in [3.63, 3.8) is 0 Å². The maximum absolute atomic E-state index is 15.0. The van der Waals surface area contributed by atoms with Crippen LogP contribution in [0.3, 0.4) is 0 Å². The van der Waals surface area contributed by atoms with E-state index in [-0.39, 0.29) is 16.9 Å². The van der Waals surface area contributed by atoms with E-state index >= 15 is 0 Å². The minimum atomic E-state index is -0.936. The van der Waals surface area contributed by atoms with Gasteiger partial charge in [-0.3, -0.25) is 0 Å². The van der Waals surface area contributed by atoms with Gasteiger partial charge in [-0.2, -0.15) is 0 Å². The van der Waals surface area contributed by atoms with E-state index in [1.54, 1.807) is 72.8 Å². The molecular formula is C35H33F3O2. The van der Waals surface area contributed by atoms with Crippen molar-refractivity contribution in [2.45, 2.75) is 38.7 Å². The second-order valence-electron chi connectivity index (χ2n) is 9.63. The third kappa shape index (κ3) is 7.10. The molecule has 1 N–H and O–H groups in total. The van der Waals surface area contributed by atoms with Crippen LogP contribution >= 0.6 is 0 Å². The predicted molar refractivity (Wildman–Crippen MR) is 157 cm³/mol. The van der Waals surface area contributed by atoms with Gasteiger partial charge >= 0.3 is 0 Å². The van der Waals surface area contributed by atoms with E-state index in [1.165, 1.54) is 18.2 Å². The van der Waals surface area contributed by atoms with Crippen molar-refractivity contribution in [3.05, 3.63) is 126 Å². The predicted octanol–water partition coefficient (Wildman–Crippen LogP) is 9.79. The maximum atomic E-state index is 15.0. The van der Waals surface area contributed by atoms with Gasteiger partial charge in [0.2, 0.25) is 0 Å². The Morgan fingerprint density at radius 3 is 2.17 bits per heavy atom. The summed E-state index contributed by atoms with van der Waals surface area (Å²) in [5.74, 6) is -1.76. The Morgan fingerprint density at radius 1 is 0.825 bits per heavy atom. The first kappa shape index (κ1) is 28.9. The van der Waals surface area contributed by atoms with Crippen LogP contribution in [0.2, 0.25) is 0 Å². The van der Waals surface area contributed by atoms with Gasteiger partial charge in [-0.25, -0.2) is 13.2 Å². The number of aliphatic hydroxyl groups is 1. The van der Waals surface area contributed by atoms with E-state index in [4.69, 9.17) is 4.74 Å². The van der Waals surface area contributed by atoms with E-state index < -0.39 is 17.7 Å². The van der Waals surface area contributed by atoms with Crippen molar-refractivity contribution in [2.24, 2.45) is 0 Å². The van der Waals surface area contributed by atoms with E-state index in [1.807, 2.05) is 13.0 Å². The van der Waals surface area contributed by atoms with Gasteiger partial charge < -0.3 is 9.84 Å². The van der Waals surface area contributed by atoms with Gasteiger partial charge in [0.05, 0.1) is 12.7 Å². The summed E-state index contributed by atoms with van der Waals surface area (Å²) >= 11 is 0. The summed E-state index contributed by atoms with van der Waals surface area (Å²) < 4.78 is 50.2. The van der Waals surface area contributed by atoms with Crippen molar-refractivity contribution in [2.75, 3.05) is 6.61 Å². The first-order valence-corrected chi connectivity index (χ1v) is 13.5. The monoisotopic (exact) mass is 542 g/mol. The zero-order chi connectivity index (χ0) is 28.5. The molecule has 2 nitrogen and oxygen atoms in total. The van der Waals surface area contributed by atoms with Crippen LogP contribution in [0, 0.1) is 17.5 Å². The number of halogens is 3. The fourth-order valence-electron chi connectivity index (χ4n) is 4.44. The Balaban J connectivity index is 1.44. The van der Waals surface area contributed by atoms with Gasteiger partial charge in [-0.15, -0.1) is 6.58 Å². The van der Waals surface area contributed by atoms with Crippen molar-refractivity contribution in [3.8, 4) is 28.0 Å². The molecule has 5 heteroatoms. The number of benzene rings is 4. The first-order chi connectivity index (χ1) is 19.4. The maximum Gasteiger partial charge on any atom is 0.167 e. The number of ether oxygens (including phenoxy) is 1. The zero-order valence-electron chi connectivity index (χ0n) is 22.5. The van der Waals surface area contributed by atoms with Gasteiger partial charge in [0.25, 0.3) is 0 Å². The fraction of sp³-hybridized carbons (Fsp3) is 0.200. The second kappa shape index (κ2) is 13.8. The molecular weight excluding hydrogens is 509 g/mol. The Morgan fingerprint density at radius 2 is 1.50 bits per heavy atom. The lowest BCUT2D eigenvalue weighted by Crippen LogP contribution is -1.97. The number of hydrogen-bond donors (Lipinski definition) is 1. The zero-order valence-corrected chi connectivity index (χ0v) is 22.5. The summed E-state index contributed by atoms with van der Waals surface area (Å²) in [5, 5.41) is 10.1. The minimum absolute atomic E-state index is 0.120. The first-order valence-electron chi connectivity index (χ1n) is 13.5. The number of allylic oxidation sites excluding steroid dienone is 1. The highest BCUT2D eigenvalue weighted by atomic mass is 19.2. The third-order valence-electron chi connectivity index (χ3n) is 6.72. The smallest absolute Gasteiger partial charge is 0.167 e. The van der Waals surface area contributed by atoms with Crippen LogP contribution in [0.5, 0.6) is 5.75 Å². The molecule has 4 rings (SSSR count). The molecule has 0 aliphatic rings. The molecule has 0 aromatic heterocycles. The molecule has 0 amide bonds. The van der Waals surface area contributed by atoms with Crippen molar-refractivity contribution in [1.29, 1.82) is 0 Å². The van der Waals surface area contributed by atoms with Crippen LogP contribution in [0.25, 0.3) is 34.4 Å². The summed E-state index contributed by atoms with van der Waals surface area (Å²) in [6, 6.07) is 21.9. The molecule has 0 aliphatic heterocycles. The Hall–Kier alpha value is -4.09. The van der Waals surface area contributed by atoms with E-state index in [2.05, 4.69) is 6.58 Å². The normalized spacial score (nSPS) is 12.0. The highest BCUT2D eigenvalue weighted by Crippen LogP contribution is 2.30. The summed E-state index contributed by atoms with van der Waals surface area (Å²) in [6.07, 6.45) is 7.60. The summed E-state index contributed by atoms with van der Waals surface area (Å²) in [4.78, 5) is 0. The fourth-order valence-corrected chi connectivity index (χ4v) is 4.44. The molecule has 0 heterocycles. The van der Waals surface area contributed by atoms with Gasteiger partial charge in [0, 0.05) is 22.8 Å². The second-order valence-corrected chi connectivity index (χ2v) is 9.63. The van der Waals surface area contributed by atoms with Crippen LogP contribution in [-0.4, -0.2) is 11.7 Å². The molecule has 0 saturated heterocycles. The molecule has 4 aromatic carbocycles. The van der Waals surface area contributed by atoms with Gasteiger partial charge in [-0.05, 0) is 53.6 Å².